The molecule has 5 heteroatoms. The Labute approximate surface area is 109 Å². The fourth-order valence-corrected chi connectivity index (χ4v) is 1.18. The van der Waals surface area contributed by atoms with Crippen LogP contribution < -0.4 is 10.6 Å². The number of rotatable bonds is 7. The maximum absolute atomic E-state index is 11.6. The van der Waals surface area contributed by atoms with Crippen LogP contribution in [-0.4, -0.2) is 38.1 Å². The van der Waals surface area contributed by atoms with Gasteiger partial charge in [-0.15, -0.1) is 0 Å². The molecule has 0 fully saturated rings. The minimum atomic E-state index is -0.353. The Bertz CT molecular complexity index is 311. The Kier molecular flexibility index (Phi) is 8.03. The van der Waals surface area contributed by atoms with Gasteiger partial charge in [0.1, 0.15) is 0 Å². The maximum Gasteiger partial charge on any atom is 0.333 e. The molecule has 18 heavy (non-hydrogen) atoms. The van der Waals surface area contributed by atoms with Crippen molar-refractivity contribution >= 4 is 11.9 Å². The van der Waals surface area contributed by atoms with Crippen molar-refractivity contribution in [1.82, 2.24) is 10.6 Å². The molecule has 0 saturated heterocycles. The van der Waals surface area contributed by atoms with Crippen LogP contribution in [0.15, 0.2) is 11.6 Å². The number of carbonyl (C=O) groups is 2. The maximum atomic E-state index is 11.6. The molecule has 0 radical (unpaired) electrons. The van der Waals surface area contributed by atoms with Crippen molar-refractivity contribution in [3.8, 4) is 0 Å². The average molecular weight is 256 g/mol. The standard InChI is InChI=1S/C13H24N2O3/c1-9(2)8-15-12(16)11(4)14-7-6-10(3)13(17)18-5/h6,9,11,14H,7-8H2,1-5H3,(H,15,16). The molecule has 0 spiro atoms. The fraction of sp³-hybridized carbons (Fsp3) is 0.692. The van der Waals surface area contributed by atoms with Crippen LogP contribution in [0.4, 0.5) is 0 Å². The summed E-state index contributed by atoms with van der Waals surface area (Å²) in [4.78, 5) is 22.7. The molecule has 0 aromatic heterocycles. The van der Waals surface area contributed by atoms with Gasteiger partial charge in [0, 0.05) is 18.7 Å². The Hall–Kier alpha value is -1.36. The van der Waals surface area contributed by atoms with Crippen LogP contribution in [0.5, 0.6) is 0 Å². The third-order valence-electron chi connectivity index (χ3n) is 2.42. The van der Waals surface area contributed by atoms with Crippen LogP contribution in [0, 0.1) is 5.92 Å². The van der Waals surface area contributed by atoms with Crippen molar-refractivity contribution in [3.63, 3.8) is 0 Å². The molecular weight excluding hydrogens is 232 g/mol. The molecule has 0 bridgehead atoms. The van der Waals surface area contributed by atoms with Gasteiger partial charge < -0.3 is 15.4 Å². The molecule has 2 N–H and O–H groups in total. The largest absolute Gasteiger partial charge is 0.466 e. The third-order valence-corrected chi connectivity index (χ3v) is 2.42. The fourth-order valence-electron chi connectivity index (χ4n) is 1.18. The van der Waals surface area contributed by atoms with Crippen LogP contribution in [0.3, 0.4) is 0 Å². The second-order valence-corrected chi connectivity index (χ2v) is 4.65. The topological polar surface area (TPSA) is 67.4 Å². The highest BCUT2D eigenvalue weighted by molar-refractivity contribution is 5.87. The molecule has 1 atom stereocenters. The highest BCUT2D eigenvalue weighted by Crippen LogP contribution is 1.94. The molecule has 0 aromatic carbocycles. The zero-order chi connectivity index (χ0) is 14.1. The number of methoxy groups -OCH3 is 1. The van der Waals surface area contributed by atoms with Gasteiger partial charge in [0.2, 0.25) is 5.91 Å². The second-order valence-electron chi connectivity index (χ2n) is 4.65. The Morgan fingerprint density at radius 1 is 1.28 bits per heavy atom. The van der Waals surface area contributed by atoms with Crippen LogP contribution in [0.25, 0.3) is 0 Å². The van der Waals surface area contributed by atoms with Gasteiger partial charge in [0.15, 0.2) is 0 Å². The van der Waals surface area contributed by atoms with Gasteiger partial charge in [-0.3, -0.25) is 4.79 Å². The molecule has 0 aliphatic rings. The van der Waals surface area contributed by atoms with Gasteiger partial charge in [-0.05, 0) is 19.8 Å². The van der Waals surface area contributed by atoms with E-state index >= 15 is 0 Å². The summed E-state index contributed by atoms with van der Waals surface area (Å²) in [7, 11) is 1.34. The summed E-state index contributed by atoms with van der Waals surface area (Å²) < 4.78 is 4.57. The summed E-state index contributed by atoms with van der Waals surface area (Å²) in [5, 5.41) is 5.86. The molecule has 1 unspecified atom stereocenters. The molecule has 0 saturated carbocycles. The molecule has 5 nitrogen and oxygen atoms in total. The van der Waals surface area contributed by atoms with E-state index < -0.39 is 0 Å². The first-order chi connectivity index (χ1) is 8.38. The van der Waals surface area contributed by atoms with Crippen LogP contribution in [0.1, 0.15) is 27.7 Å². The Balaban J connectivity index is 3.99. The molecule has 1 amide bonds. The minimum absolute atomic E-state index is 0.0344. The number of nitrogens with one attached hydrogen (secondary N) is 2. The van der Waals surface area contributed by atoms with E-state index in [1.807, 2.05) is 13.8 Å². The van der Waals surface area contributed by atoms with E-state index in [1.165, 1.54) is 7.11 Å². The van der Waals surface area contributed by atoms with E-state index in [-0.39, 0.29) is 17.9 Å². The summed E-state index contributed by atoms with van der Waals surface area (Å²) in [5.74, 6) is 0.0455. The number of hydrogen-bond donors (Lipinski definition) is 2. The van der Waals surface area contributed by atoms with Gasteiger partial charge in [-0.2, -0.15) is 0 Å². The number of hydrogen-bond acceptors (Lipinski definition) is 4. The Morgan fingerprint density at radius 3 is 2.39 bits per heavy atom. The average Bonchev–Trinajstić information content (AvgIpc) is 2.34. The summed E-state index contributed by atoms with van der Waals surface area (Å²) in [6.07, 6.45) is 1.71. The van der Waals surface area contributed by atoms with Crippen molar-refractivity contribution in [3.05, 3.63) is 11.6 Å². The predicted molar refractivity (Wildman–Crippen MR) is 71.1 cm³/mol. The zero-order valence-corrected chi connectivity index (χ0v) is 11.9. The molecule has 0 heterocycles. The van der Waals surface area contributed by atoms with Crippen molar-refractivity contribution in [2.24, 2.45) is 5.92 Å². The zero-order valence-electron chi connectivity index (χ0n) is 11.9. The molecule has 0 rings (SSSR count). The van der Waals surface area contributed by atoms with Crippen molar-refractivity contribution in [2.45, 2.75) is 33.7 Å². The number of carbonyl (C=O) groups excluding carboxylic acids is 2. The second kappa shape index (κ2) is 8.69. The van der Waals surface area contributed by atoms with Crippen molar-refractivity contribution in [1.29, 1.82) is 0 Å². The first kappa shape index (κ1) is 16.6. The number of amides is 1. The SMILES string of the molecule is COC(=O)C(C)=CCNC(C)C(=O)NCC(C)C. The quantitative estimate of drug-likeness (QED) is 0.523. The van der Waals surface area contributed by atoms with Crippen molar-refractivity contribution in [2.75, 3.05) is 20.2 Å². The van der Waals surface area contributed by atoms with Gasteiger partial charge in [-0.25, -0.2) is 4.79 Å². The van der Waals surface area contributed by atoms with Crippen LogP contribution in [-0.2, 0) is 14.3 Å². The lowest BCUT2D eigenvalue weighted by Crippen LogP contribution is -2.43. The molecule has 0 aromatic rings. The predicted octanol–water partition coefficient (Wildman–Crippen LogP) is 0.856. The summed E-state index contributed by atoms with van der Waals surface area (Å²) >= 11 is 0. The highest BCUT2D eigenvalue weighted by Gasteiger charge is 2.11. The lowest BCUT2D eigenvalue weighted by molar-refractivity contribution is -0.136. The van der Waals surface area contributed by atoms with E-state index in [0.717, 1.165) is 0 Å². The third kappa shape index (κ3) is 7.06. The first-order valence-corrected chi connectivity index (χ1v) is 6.14. The number of esters is 1. The smallest absolute Gasteiger partial charge is 0.333 e. The summed E-state index contributed by atoms with van der Waals surface area (Å²) in [6, 6.07) is -0.287. The normalized spacial score (nSPS) is 13.3. The molecule has 0 aliphatic carbocycles. The number of ether oxygens (including phenoxy) is 1. The summed E-state index contributed by atoms with van der Waals surface area (Å²) in [6.45, 7) is 8.68. The van der Waals surface area contributed by atoms with Crippen LogP contribution in [0.2, 0.25) is 0 Å². The van der Waals surface area contributed by atoms with Gasteiger partial charge in [0.05, 0.1) is 13.2 Å². The van der Waals surface area contributed by atoms with E-state index in [4.69, 9.17) is 0 Å². The van der Waals surface area contributed by atoms with Crippen LogP contribution >= 0.6 is 0 Å². The molecular formula is C13H24N2O3. The monoisotopic (exact) mass is 256 g/mol. The van der Waals surface area contributed by atoms with Crippen molar-refractivity contribution < 1.29 is 14.3 Å². The Morgan fingerprint density at radius 2 is 1.89 bits per heavy atom. The van der Waals surface area contributed by atoms with Gasteiger partial charge in [0.25, 0.3) is 0 Å². The van der Waals surface area contributed by atoms with E-state index in [0.29, 0.717) is 24.6 Å². The lowest BCUT2D eigenvalue weighted by atomic mass is 10.2. The highest BCUT2D eigenvalue weighted by atomic mass is 16.5. The lowest BCUT2D eigenvalue weighted by Gasteiger charge is -2.14. The van der Waals surface area contributed by atoms with Gasteiger partial charge >= 0.3 is 5.97 Å². The van der Waals surface area contributed by atoms with E-state index in [1.54, 1.807) is 19.9 Å². The van der Waals surface area contributed by atoms with E-state index in [2.05, 4.69) is 15.4 Å². The van der Waals surface area contributed by atoms with Gasteiger partial charge in [-0.1, -0.05) is 19.9 Å². The summed E-state index contributed by atoms with van der Waals surface area (Å²) in [5.41, 5.74) is 0.528. The molecule has 104 valence electrons. The first-order valence-electron chi connectivity index (χ1n) is 6.14. The van der Waals surface area contributed by atoms with E-state index in [9.17, 15) is 9.59 Å². The molecule has 0 aliphatic heterocycles. The minimum Gasteiger partial charge on any atom is -0.466 e.